The van der Waals surface area contributed by atoms with Gasteiger partial charge in [0.15, 0.2) is 0 Å². The Hall–Kier alpha value is -1.76. The molecule has 1 nitrogen and oxygen atoms in total. The van der Waals surface area contributed by atoms with E-state index in [0.29, 0.717) is 11.7 Å². The number of hydrogen-bond acceptors (Lipinski definition) is 1. The number of phenols is 1. The van der Waals surface area contributed by atoms with Crippen LogP contribution in [0.4, 0.5) is 0 Å². The van der Waals surface area contributed by atoms with Crippen LogP contribution in [-0.4, -0.2) is 5.11 Å². The first kappa shape index (κ1) is 22.5. The molecule has 1 N–H and O–H groups in total. The molecule has 1 heteroatoms. The van der Waals surface area contributed by atoms with Gasteiger partial charge in [0.1, 0.15) is 5.75 Å². The highest BCUT2D eigenvalue weighted by Gasteiger charge is 2.29. The van der Waals surface area contributed by atoms with Gasteiger partial charge in [-0.2, -0.15) is 0 Å². The Balaban J connectivity index is 2.23. The molecular formula is C27H40O. The lowest BCUT2D eigenvalue weighted by Crippen LogP contribution is -2.22. The second-order valence-corrected chi connectivity index (χ2v) is 8.77. The number of aromatic hydroxyl groups is 1. The molecule has 0 spiro atoms. The molecule has 2 rings (SSSR count). The summed E-state index contributed by atoms with van der Waals surface area (Å²) in [7, 11) is 0. The van der Waals surface area contributed by atoms with Crippen molar-refractivity contribution in [2.75, 3.05) is 0 Å². The Bertz CT molecular complexity index is 701. The minimum absolute atomic E-state index is 0.213. The maximum Gasteiger partial charge on any atom is 0.119 e. The average Bonchev–Trinajstić information content (AvgIpc) is 2.70. The van der Waals surface area contributed by atoms with Gasteiger partial charge in [0, 0.05) is 11.0 Å². The van der Waals surface area contributed by atoms with Gasteiger partial charge in [0.25, 0.3) is 0 Å². The molecule has 0 bridgehead atoms. The highest BCUT2D eigenvalue weighted by Crippen LogP contribution is 2.41. The molecule has 0 amide bonds. The van der Waals surface area contributed by atoms with Crippen LogP contribution in [0.25, 0.3) is 0 Å². The van der Waals surface area contributed by atoms with Crippen LogP contribution in [0, 0.1) is 0 Å². The number of benzene rings is 2. The number of para-hydroxylation sites is 1. The van der Waals surface area contributed by atoms with Crippen LogP contribution < -0.4 is 0 Å². The number of phenolic OH excluding ortho intramolecular Hbond substituents is 1. The first-order chi connectivity index (χ1) is 13.5. The maximum absolute atomic E-state index is 10.5. The van der Waals surface area contributed by atoms with Crippen molar-refractivity contribution in [1.82, 2.24) is 0 Å². The fourth-order valence-electron chi connectivity index (χ4n) is 4.54. The topological polar surface area (TPSA) is 20.2 Å². The van der Waals surface area contributed by atoms with E-state index >= 15 is 0 Å². The third-order valence-electron chi connectivity index (χ3n) is 6.19. The normalized spacial score (nSPS) is 12.9. The molecule has 0 aliphatic rings. The zero-order valence-corrected chi connectivity index (χ0v) is 18.5. The first-order valence-electron chi connectivity index (χ1n) is 11.4. The van der Waals surface area contributed by atoms with Gasteiger partial charge in [-0.05, 0) is 36.0 Å². The van der Waals surface area contributed by atoms with E-state index in [4.69, 9.17) is 0 Å². The summed E-state index contributed by atoms with van der Waals surface area (Å²) < 4.78 is 0. The van der Waals surface area contributed by atoms with E-state index in [9.17, 15) is 5.11 Å². The largest absolute Gasteiger partial charge is 0.508 e. The van der Waals surface area contributed by atoms with Gasteiger partial charge in [-0.3, -0.25) is 0 Å². The fraction of sp³-hybridized carbons (Fsp3) is 0.556. The quantitative estimate of drug-likeness (QED) is 0.367. The smallest absolute Gasteiger partial charge is 0.119 e. The third-order valence-corrected chi connectivity index (χ3v) is 6.19. The third kappa shape index (κ3) is 5.87. The van der Waals surface area contributed by atoms with Crippen LogP contribution in [0.3, 0.4) is 0 Å². The van der Waals surface area contributed by atoms with E-state index in [1.807, 2.05) is 12.1 Å². The van der Waals surface area contributed by atoms with Gasteiger partial charge in [-0.25, -0.2) is 0 Å². The Morgan fingerprint density at radius 3 is 2.00 bits per heavy atom. The molecule has 28 heavy (non-hydrogen) atoms. The van der Waals surface area contributed by atoms with Crippen LogP contribution >= 0.6 is 0 Å². The van der Waals surface area contributed by atoms with Crippen molar-refractivity contribution in [3.05, 3.63) is 65.2 Å². The lowest BCUT2D eigenvalue weighted by Gasteiger charge is -2.32. The number of rotatable bonds is 12. The molecule has 154 valence electrons. The highest BCUT2D eigenvalue weighted by molar-refractivity contribution is 5.48. The maximum atomic E-state index is 10.5. The second kappa shape index (κ2) is 11.3. The monoisotopic (exact) mass is 380 g/mol. The van der Waals surface area contributed by atoms with Crippen molar-refractivity contribution in [2.24, 2.45) is 0 Å². The predicted octanol–water partition coefficient (Wildman–Crippen LogP) is 8.35. The van der Waals surface area contributed by atoms with E-state index in [-0.39, 0.29) is 5.41 Å². The predicted molar refractivity (Wildman–Crippen MR) is 122 cm³/mol. The Labute approximate surface area is 173 Å². The zero-order chi connectivity index (χ0) is 20.4. The van der Waals surface area contributed by atoms with Gasteiger partial charge in [-0.15, -0.1) is 0 Å². The van der Waals surface area contributed by atoms with E-state index in [0.717, 1.165) is 5.56 Å². The first-order valence-corrected chi connectivity index (χ1v) is 11.4. The summed E-state index contributed by atoms with van der Waals surface area (Å²) in [5, 5.41) is 10.5. The van der Waals surface area contributed by atoms with E-state index in [1.165, 1.54) is 68.9 Å². The van der Waals surface area contributed by atoms with Gasteiger partial charge < -0.3 is 5.11 Å². The van der Waals surface area contributed by atoms with Gasteiger partial charge in [0.05, 0.1) is 0 Å². The molecule has 1 unspecified atom stereocenters. The van der Waals surface area contributed by atoms with Crippen LogP contribution in [0.1, 0.15) is 108 Å². The second-order valence-electron chi connectivity index (χ2n) is 8.77. The lowest BCUT2D eigenvalue weighted by atomic mass is 9.72. The van der Waals surface area contributed by atoms with Crippen molar-refractivity contribution < 1.29 is 5.11 Å². The molecule has 0 saturated heterocycles. The number of unbranched alkanes of at least 4 members (excludes halogenated alkanes) is 5. The Morgan fingerprint density at radius 2 is 1.32 bits per heavy atom. The molecule has 0 heterocycles. The molecule has 0 saturated carbocycles. The van der Waals surface area contributed by atoms with Crippen LogP contribution in [0.2, 0.25) is 0 Å². The zero-order valence-electron chi connectivity index (χ0n) is 18.5. The molecule has 2 aromatic rings. The molecule has 0 fully saturated rings. The van der Waals surface area contributed by atoms with Crippen LogP contribution in [-0.2, 0) is 5.41 Å². The van der Waals surface area contributed by atoms with E-state index in [2.05, 4.69) is 58.0 Å². The molecule has 0 aliphatic heterocycles. The van der Waals surface area contributed by atoms with Crippen molar-refractivity contribution >= 4 is 0 Å². The van der Waals surface area contributed by atoms with Gasteiger partial charge in [0.2, 0.25) is 0 Å². The Kier molecular flexibility index (Phi) is 9.09. The summed E-state index contributed by atoms with van der Waals surface area (Å²) in [4.78, 5) is 0. The summed E-state index contributed by atoms with van der Waals surface area (Å²) in [5.41, 5.74) is 3.64. The number of hydrogen-bond donors (Lipinski definition) is 1. The summed E-state index contributed by atoms with van der Waals surface area (Å²) >= 11 is 0. The Morgan fingerprint density at radius 1 is 0.714 bits per heavy atom. The van der Waals surface area contributed by atoms with Crippen LogP contribution in [0.15, 0.2) is 48.5 Å². The standard InChI is InChI=1S/C27H40O/c1-5-7-8-9-10-11-17-22(16-6-2)23-18-12-13-19-24(23)27(3,4)25-20-14-15-21-26(25)28/h12-15,18-22,28H,5-11,16-17H2,1-4H3. The highest BCUT2D eigenvalue weighted by atomic mass is 16.3. The van der Waals surface area contributed by atoms with Gasteiger partial charge in [-0.1, -0.05) is 115 Å². The van der Waals surface area contributed by atoms with Crippen molar-refractivity contribution in [3.8, 4) is 5.75 Å². The van der Waals surface area contributed by atoms with Crippen LogP contribution in [0.5, 0.6) is 5.75 Å². The molecule has 0 aromatic heterocycles. The molecule has 1 atom stereocenters. The van der Waals surface area contributed by atoms with Crippen molar-refractivity contribution in [2.45, 2.75) is 96.8 Å². The SMILES string of the molecule is CCCCCCCCC(CCC)c1ccccc1C(C)(C)c1ccccc1O. The van der Waals surface area contributed by atoms with Crippen molar-refractivity contribution in [3.63, 3.8) is 0 Å². The molecule has 0 radical (unpaired) electrons. The summed E-state index contributed by atoms with van der Waals surface area (Å²) in [6.45, 7) is 9.06. The molecule has 0 aliphatic carbocycles. The molecule has 2 aromatic carbocycles. The minimum atomic E-state index is -0.213. The molecular weight excluding hydrogens is 340 g/mol. The lowest BCUT2D eigenvalue weighted by molar-refractivity contribution is 0.450. The summed E-state index contributed by atoms with van der Waals surface area (Å²) in [6.07, 6.45) is 11.8. The van der Waals surface area contributed by atoms with E-state index < -0.39 is 0 Å². The van der Waals surface area contributed by atoms with E-state index in [1.54, 1.807) is 6.07 Å². The summed E-state index contributed by atoms with van der Waals surface area (Å²) in [6, 6.07) is 16.7. The summed E-state index contributed by atoms with van der Waals surface area (Å²) in [5.74, 6) is 1.00. The fourth-order valence-corrected chi connectivity index (χ4v) is 4.54. The minimum Gasteiger partial charge on any atom is -0.508 e. The van der Waals surface area contributed by atoms with Gasteiger partial charge >= 0.3 is 0 Å². The van der Waals surface area contributed by atoms with Crippen molar-refractivity contribution in [1.29, 1.82) is 0 Å². The average molecular weight is 381 g/mol.